The maximum atomic E-state index is 2.35. The molecule has 0 aliphatic heterocycles. The average Bonchev–Trinajstić information content (AvgIpc) is 2.64. The molecule has 23 heavy (non-hydrogen) atoms. The third-order valence-electron chi connectivity index (χ3n) is 4.29. The fraction of sp³-hybridized carbons (Fsp3) is 0.182. The van der Waals surface area contributed by atoms with Crippen LogP contribution in [-0.2, 0) is 0 Å². The molecule has 0 aliphatic rings. The minimum absolute atomic E-state index is 0.274. The van der Waals surface area contributed by atoms with E-state index in [0.29, 0.717) is 5.92 Å². The van der Waals surface area contributed by atoms with E-state index < -0.39 is 0 Å². The Morgan fingerprint density at radius 2 is 1.09 bits per heavy atom. The predicted molar refractivity (Wildman–Crippen MR) is 103 cm³/mol. The second-order valence-corrected chi connectivity index (χ2v) is 8.26. The van der Waals surface area contributed by atoms with Crippen molar-refractivity contribution in [2.45, 2.75) is 19.3 Å². The lowest BCUT2D eigenvalue weighted by Gasteiger charge is -2.21. The molecule has 0 aromatic heterocycles. The van der Waals surface area contributed by atoms with Crippen LogP contribution in [0.3, 0.4) is 0 Å². The maximum Gasteiger partial charge on any atom is -0.0187 e. The van der Waals surface area contributed by atoms with Crippen LogP contribution in [-0.4, -0.2) is 6.16 Å². The lowest BCUT2D eigenvalue weighted by molar-refractivity contribution is 0.739. The summed E-state index contributed by atoms with van der Waals surface area (Å²) in [7, 11) is -0.274. The minimum atomic E-state index is -0.274. The van der Waals surface area contributed by atoms with Gasteiger partial charge in [0, 0.05) is 0 Å². The van der Waals surface area contributed by atoms with Gasteiger partial charge in [0.25, 0.3) is 0 Å². The van der Waals surface area contributed by atoms with E-state index in [2.05, 4.69) is 97.9 Å². The van der Waals surface area contributed by atoms with Crippen molar-refractivity contribution in [3.63, 3.8) is 0 Å². The lowest BCUT2D eigenvalue weighted by atomic mass is 9.99. The predicted octanol–water partition coefficient (Wildman–Crippen LogP) is 5.31. The summed E-state index contributed by atoms with van der Waals surface area (Å²) in [5, 5.41) is 2.96. The van der Waals surface area contributed by atoms with Crippen LogP contribution < -0.4 is 10.6 Å². The highest BCUT2D eigenvalue weighted by molar-refractivity contribution is 7.73. The third kappa shape index (κ3) is 4.30. The molecule has 0 bridgehead atoms. The Kier molecular flexibility index (Phi) is 5.61. The fourth-order valence-corrected chi connectivity index (χ4v) is 5.42. The molecule has 0 saturated heterocycles. The number of rotatable bonds is 6. The van der Waals surface area contributed by atoms with E-state index in [9.17, 15) is 0 Å². The third-order valence-corrected chi connectivity index (χ3v) is 6.84. The smallest absolute Gasteiger partial charge is 0.0187 e. The van der Waals surface area contributed by atoms with Crippen LogP contribution in [0, 0.1) is 0 Å². The molecule has 3 aromatic rings. The lowest BCUT2D eigenvalue weighted by Crippen LogP contribution is -2.14. The summed E-state index contributed by atoms with van der Waals surface area (Å²) in [4.78, 5) is 0. The first kappa shape index (κ1) is 16.0. The molecule has 0 fully saturated rings. The second kappa shape index (κ2) is 8.09. The first-order chi connectivity index (χ1) is 11.3. The molecule has 0 N–H and O–H groups in total. The molecule has 1 atom stereocenters. The molecule has 1 heteroatoms. The van der Waals surface area contributed by atoms with E-state index >= 15 is 0 Å². The molecule has 0 aliphatic carbocycles. The molecule has 3 rings (SSSR count). The molecule has 0 heterocycles. The van der Waals surface area contributed by atoms with Gasteiger partial charge in [-0.1, -0.05) is 97.9 Å². The number of benzene rings is 3. The van der Waals surface area contributed by atoms with Gasteiger partial charge in [-0.25, -0.2) is 0 Å². The van der Waals surface area contributed by atoms with Gasteiger partial charge in [0.1, 0.15) is 0 Å². The second-order valence-electron chi connectivity index (χ2n) is 5.92. The van der Waals surface area contributed by atoms with Crippen molar-refractivity contribution in [1.82, 2.24) is 0 Å². The normalized spacial score (nSPS) is 12.3. The van der Waals surface area contributed by atoms with Crippen LogP contribution in [0.5, 0.6) is 0 Å². The number of hydrogen-bond donors (Lipinski definition) is 0. The van der Waals surface area contributed by atoms with Gasteiger partial charge in [0.2, 0.25) is 0 Å². The van der Waals surface area contributed by atoms with Crippen molar-refractivity contribution < 1.29 is 0 Å². The molecule has 0 nitrogen and oxygen atoms in total. The largest absolute Gasteiger partial charge is 0.0622 e. The summed E-state index contributed by atoms with van der Waals surface area (Å²) < 4.78 is 0. The molecule has 3 aromatic carbocycles. The van der Waals surface area contributed by atoms with Crippen molar-refractivity contribution in [2.75, 3.05) is 6.16 Å². The topological polar surface area (TPSA) is 0 Å². The zero-order valence-corrected chi connectivity index (χ0v) is 14.5. The van der Waals surface area contributed by atoms with Gasteiger partial charge in [-0.05, 0) is 42.6 Å². The van der Waals surface area contributed by atoms with Crippen LogP contribution in [0.25, 0.3) is 0 Å². The Hall–Kier alpha value is -1.91. The summed E-state index contributed by atoms with van der Waals surface area (Å²) in [6, 6.07) is 32.9. The van der Waals surface area contributed by atoms with E-state index in [0.717, 1.165) is 0 Å². The first-order valence-electron chi connectivity index (χ1n) is 8.27. The van der Waals surface area contributed by atoms with Crippen molar-refractivity contribution in [3.05, 3.63) is 96.6 Å². The molecular formula is C22H23P. The summed E-state index contributed by atoms with van der Waals surface area (Å²) in [5.41, 5.74) is 1.45. The highest BCUT2D eigenvalue weighted by Crippen LogP contribution is 2.36. The van der Waals surface area contributed by atoms with Gasteiger partial charge in [0.15, 0.2) is 0 Å². The van der Waals surface area contributed by atoms with Crippen LogP contribution in [0.15, 0.2) is 91.0 Å². The Labute approximate surface area is 141 Å². The van der Waals surface area contributed by atoms with E-state index in [4.69, 9.17) is 0 Å². The fourth-order valence-electron chi connectivity index (χ4n) is 2.89. The summed E-state index contributed by atoms with van der Waals surface area (Å²) in [5.74, 6) is 0.605. The van der Waals surface area contributed by atoms with Gasteiger partial charge in [-0.3, -0.25) is 0 Å². The Balaban J connectivity index is 1.77. The minimum Gasteiger partial charge on any atom is -0.0622 e. The highest BCUT2D eigenvalue weighted by atomic mass is 31.1. The summed E-state index contributed by atoms with van der Waals surface area (Å²) in [6.07, 6.45) is 2.46. The summed E-state index contributed by atoms with van der Waals surface area (Å²) in [6.45, 7) is 2.35. The van der Waals surface area contributed by atoms with E-state index in [-0.39, 0.29) is 7.92 Å². The van der Waals surface area contributed by atoms with Gasteiger partial charge >= 0.3 is 0 Å². The molecule has 116 valence electrons. The molecular weight excluding hydrogens is 295 g/mol. The standard InChI is InChI=1S/C22H23P/c1-19(20-11-5-2-6-12-20)17-18-23(21-13-7-3-8-14-21)22-15-9-4-10-16-22/h2-16,19H,17-18H2,1H3. The molecule has 0 saturated carbocycles. The zero-order valence-electron chi connectivity index (χ0n) is 13.6. The maximum absolute atomic E-state index is 2.35. The first-order valence-corrected chi connectivity index (χ1v) is 9.80. The quantitative estimate of drug-likeness (QED) is 0.540. The van der Waals surface area contributed by atoms with Crippen LogP contribution in [0.4, 0.5) is 0 Å². The molecule has 1 unspecified atom stereocenters. The Morgan fingerprint density at radius 3 is 1.57 bits per heavy atom. The van der Waals surface area contributed by atoms with Crippen LogP contribution in [0.1, 0.15) is 24.8 Å². The SMILES string of the molecule is CC(CCP(c1ccccc1)c1ccccc1)c1ccccc1. The van der Waals surface area contributed by atoms with E-state index in [1.165, 1.54) is 28.8 Å². The van der Waals surface area contributed by atoms with E-state index in [1.54, 1.807) is 0 Å². The van der Waals surface area contributed by atoms with Crippen molar-refractivity contribution in [3.8, 4) is 0 Å². The van der Waals surface area contributed by atoms with Gasteiger partial charge < -0.3 is 0 Å². The van der Waals surface area contributed by atoms with Crippen molar-refractivity contribution in [2.24, 2.45) is 0 Å². The Bertz CT molecular complexity index is 652. The van der Waals surface area contributed by atoms with Crippen LogP contribution >= 0.6 is 7.92 Å². The van der Waals surface area contributed by atoms with Crippen molar-refractivity contribution in [1.29, 1.82) is 0 Å². The van der Waals surface area contributed by atoms with Gasteiger partial charge in [0.05, 0.1) is 0 Å². The Morgan fingerprint density at radius 1 is 0.652 bits per heavy atom. The highest BCUT2D eigenvalue weighted by Gasteiger charge is 2.15. The van der Waals surface area contributed by atoms with Gasteiger partial charge in [-0.15, -0.1) is 0 Å². The monoisotopic (exact) mass is 318 g/mol. The average molecular weight is 318 g/mol. The van der Waals surface area contributed by atoms with E-state index in [1.807, 2.05) is 0 Å². The zero-order chi connectivity index (χ0) is 15.9. The van der Waals surface area contributed by atoms with Crippen molar-refractivity contribution >= 4 is 18.5 Å². The summed E-state index contributed by atoms with van der Waals surface area (Å²) >= 11 is 0. The van der Waals surface area contributed by atoms with Crippen LogP contribution in [0.2, 0.25) is 0 Å². The molecule has 0 amide bonds. The number of hydrogen-bond acceptors (Lipinski definition) is 0. The molecule has 0 radical (unpaired) electrons. The van der Waals surface area contributed by atoms with Gasteiger partial charge in [-0.2, -0.15) is 0 Å². The molecule has 0 spiro atoms.